The molecular formula is C22H42. The van der Waals surface area contributed by atoms with Crippen molar-refractivity contribution in [1.82, 2.24) is 0 Å². The summed E-state index contributed by atoms with van der Waals surface area (Å²) in [4.78, 5) is 0. The molecule has 1 aliphatic rings. The van der Waals surface area contributed by atoms with Crippen molar-refractivity contribution in [2.24, 2.45) is 5.92 Å². The van der Waals surface area contributed by atoms with E-state index in [-0.39, 0.29) is 0 Å². The molecule has 1 atom stereocenters. The van der Waals surface area contributed by atoms with Gasteiger partial charge in [-0.25, -0.2) is 0 Å². The van der Waals surface area contributed by atoms with Crippen LogP contribution in [0.2, 0.25) is 0 Å². The molecule has 0 aromatic carbocycles. The third-order valence-electron chi connectivity index (χ3n) is 5.41. The van der Waals surface area contributed by atoms with E-state index in [4.69, 9.17) is 0 Å². The maximum absolute atomic E-state index is 2.66. The minimum Gasteiger partial charge on any atom is -0.0851 e. The second kappa shape index (κ2) is 14.3. The lowest BCUT2D eigenvalue weighted by atomic mass is 9.85. The van der Waals surface area contributed by atoms with Crippen molar-refractivity contribution < 1.29 is 0 Å². The molecule has 1 rings (SSSR count). The van der Waals surface area contributed by atoms with Gasteiger partial charge in [-0.3, -0.25) is 0 Å². The second-order valence-corrected chi connectivity index (χ2v) is 7.48. The van der Waals surface area contributed by atoms with Gasteiger partial charge in [0.05, 0.1) is 0 Å². The molecule has 0 heterocycles. The van der Waals surface area contributed by atoms with Crippen molar-refractivity contribution in [3.8, 4) is 0 Å². The van der Waals surface area contributed by atoms with Crippen LogP contribution in [0.5, 0.6) is 0 Å². The van der Waals surface area contributed by atoms with Crippen LogP contribution in [0.15, 0.2) is 11.6 Å². The van der Waals surface area contributed by atoms with Gasteiger partial charge in [-0.1, -0.05) is 96.1 Å². The van der Waals surface area contributed by atoms with Crippen molar-refractivity contribution in [3.05, 3.63) is 11.6 Å². The first kappa shape index (κ1) is 19.8. The number of unbranched alkanes of at least 4 members (excludes halogenated alkanes) is 6. The largest absolute Gasteiger partial charge is 0.0851 e. The molecule has 1 aliphatic carbocycles. The van der Waals surface area contributed by atoms with Crippen molar-refractivity contribution >= 4 is 0 Å². The van der Waals surface area contributed by atoms with E-state index in [1.807, 2.05) is 5.57 Å². The van der Waals surface area contributed by atoms with Gasteiger partial charge in [0.2, 0.25) is 0 Å². The van der Waals surface area contributed by atoms with Gasteiger partial charge in [0.15, 0.2) is 0 Å². The summed E-state index contributed by atoms with van der Waals surface area (Å²) in [5, 5.41) is 0. The van der Waals surface area contributed by atoms with Crippen LogP contribution in [-0.2, 0) is 0 Å². The highest BCUT2D eigenvalue weighted by Gasteiger charge is 2.14. The van der Waals surface area contributed by atoms with Crippen molar-refractivity contribution in [2.75, 3.05) is 0 Å². The second-order valence-electron chi connectivity index (χ2n) is 7.48. The Hall–Kier alpha value is -0.260. The van der Waals surface area contributed by atoms with Crippen LogP contribution in [0.4, 0.5) is 0 Å². The van der Waals surface area contributed by atoms with E-state index >= 15 is 0 Å². The standard InChI is InChI=1S/C22H42/c1-3-5-7-10-14-18-21(17-13-6-4-2)22-19-15-11-8-9-12-16-20-22/h19,21H,3-18,20H2,1-2H3. The minimum absolute atomic E-state index is 0.922. The molecule has 0 amide bonds. The van der Waals surface area contributed by atoms with E-state index in [0.29, 0.717) is 0 Å². The van der Waals surface area contributed by atoms with E-state index in [2.05, 4.69) is 19.9 Å². The zero-order chi connectivity index (χ0) is 15.9. The fourth-order valence-electron chi connectivity index (χ4n) is 3.91. The molecule has 22 heavy (non-hydrogen) atoms. The van der Waals surface area contributed by atoms with Gasteiger partial charge in [-0.05, 0) is 44.4 Å². The summed E-state index contributed by atoms with van der Waals surface area (Å²) in [5.41, 5.74) is 1.86. The molecule has 0 fully saturated rings. The summed E-state index contributed by atoms with van der Waals surface area (Å²) < 4.78 is 0. The molecule has 0 aliphatic heterocycles. The van der Waals surface area contributed by atoms with Crippen LogP contribution >= 0.6 is 0 Å². The molecule has 0 aromatic rings. The predicted molar refractivity (Wildman–Crippen MR) is 101 cm³/mol. The van der Waals surface area contributed by atoms with Crippen LogP contribution in [0.1, 0.15) is 123 Å². The molecule has 0 nitrogen and oxygen atoms in total. The summed E-state index contributed by atoms with van der Waals surface area (Å²) in [6.45, 7) is 4.65. The Labute approximate surface area is 141 Å². The Morgan fingerprint density at radius 2 is 1.32 bits per heavy atom. The van der Waals surface area contributed by atoms with E-state index in [1.165, 1.54) is 109 Å². The van der Waals surface area contributed by atoms with Gasteiger partial charge in [-0.2, -0.15) is 0 Å². The third kappa shape index (κ3) is 9.70. The van der Waals surface area contributed by atoms with Gasteiger partial charge in [0.25, 0.3) is 0 Å². The Morgan fingerprint density at radius 3 is 2.09 bits per heavy atom. The molecule has 130 valence electrons. The smallest absolute Gasteiger partial charge is 0.0203 e. The number of hydrogen-bond donors (Lipinski definition) is 0. The molecule has 0 aromatic heterocycles. The van der Waals surface area contributed by atoms with Crippen LogP contribution < -0.4 is 0 Å². The summed E-state index contributed by atoms with van der Waals surface area (Å²) >= 11 is 0. The van der Waals surface area contributed by atoms with Crippen LogP contribution in [0.25, 0.3) is 0 Å². The van der Waals surface area contributed by atoms with Gasteiger partial charge in [0.1, 0.15) is 0 Å². The summed E-state index contributed by atoms with van der Waals surface area (Å²) in [6.07, 6.45) is 27.1. The van der Waals surface area contributed by atoms with Crippen LogP contribution in [-0.4, -0.2) is 0 Å². The van der Waals surface area contributed by atoms with Crippen LogP contribution in [0, 0.1) is 5.92 Å². The topological polar surface area (TPSA) is 0 Å². The number of hydrogen-bond acceptors (Lipinski definition) is 0. The van der Waals surface area contributed by atoms with Crippen LogP contribution in [0.3, 0.4) is 0 Å². The van der Waals surface area contributed by atoms with E-state index in [0.717, 1.165) is 5.92 Å². The molecule has 0 N–H and O–H groups in total. The SMILES string of the molecule is CCCCCCCC(CCCCC)C1=CCCCCCCC1. The highest BCUT2D eigenvalue weighted by molar-refractivity contribution is 5.07. The Balaban J connectivity index is 2.45. The molecular weight excluding hydrogens is 264 g/mol. The fourth-order valence-corrected chi connectivity index (χ4v) is 3.91. The first-order chi connectivity index (χ1) is 10.9. The Morgan fingerprint density at radius 1 is 0.727 bits per heavy atom. The zero-order valence-corrected chi connectivity index (χ0v) is 15.7. The van der Waals surface area contributed by atoms with Gasteiger partial charge in [-0.15, -0.1) is 0 Å². The van der Waals surface area contributed by atoms with Crippen molar-refractivity contribution in [3.63, 3.8) is 0 Å². The molecule has 1 unspecified atom stereocenters. The maximum Gasteiger partial charge on any atom is -0.0203 e. The Kier molecular flexibility index (Phi) is 12.9. The summed E-state index contributed by atoms with van der Waals surface area (Å²) in [6, 6.07) is 0. The highest BCUT2D eigenvalue weighted by atomic mass is 14.2. The lowest BCUT2D eigenvalue weighted by Gasteiger charge is -2.21. The minimum atomic E-state index is 0.922. The molecule has 0 saturated carbocycles. The lowest BCUT2D eigenvalue weighted by molar-refractivity contribution is 0.442. The van der Waals surface area contributed by atoms with Gasteiger partial charge >= 0.3 is 0 Å². The molecule has 0 bridgehead atoms. The summed E-state index contributed by atoms with van der Waals surface area (Å²) in [7, 11) is 0. The first-order valence-corrected chi connectivity index (χ1v) is 10.6. The van der Waals surface area contributed by atoms with Gasteiger partial charge < -0.3 is 0 Å². The molecule has 0 spiro atoms. The summed E-state index contributed by atoms with van der Waals surface area (Å²) in [5.74, 6) is 0.922. The van der Waals surface area contributed by atoms with Crippen molar-refractivity contribution in [1.29, 1.82) is 0 Å². The van der Waals surface area contributed by atoms with Gasteiger partial charge in [0, 0.05) is 0 Å². The molecule has 0 radical (unpaired) electrons. The van der Waals surface area contributed by atoms with E-state index in [1.54, 1.807) is 0 Å². The average molecular weight is 307 g/mol. The lowest BCUT2D eigenvalue weighted by Crippen LogP contribution is -2.06. The highest BCUT2D eigenvalue weighted by Crippen LogP contribution is 2.30. The first-order valence-electron chi connectivity index (χ1n) is 10.6. The quantitative estimate of drug-likeness (QED) is 0.266. The molecule has 0 saturated heterocycles. The number of allylic oxidation sites excluding steroid dienone is 2. The normalized spacial score (nSPS) is 18.2. The average Bonchev–Trinajstić information content (AvgIpc) is 2.67. The third-order valence-corrected chi connectivity index (χ3v) is 5.41. The fraction of sp³-hybridized carbons (Fsp3) is 0.909. The number of rotatable bonds is 11. The maximum atomic E-state index is 2.66. The van der Waals surface area contributed by atoms with Crippen molar-refractivity contribution in [2.45, 2.75) is 123 Å². The predicted octanol–water partition coefficient (Wildman–Crippen LogP) is 8.21. The Bertz CT molecular complexity index is 263. The molecule has 0 heteroatoms. The van der Waals surface area contributed by atoms with E-state index < -0.39 is 0 Å². The van der Waals surface area contributed by atoms with E-state index in [9.17, 15) is 0 Å². The monoisotopic (exact) mass is 306 g/mol. The zero-order valence-electron chi connectivity index (χ0n) is 15.7.